The first-order valence-electron chi connectivity index (χ1n) is 8.19. The van der Waals surface area contributed by atoms with Crippen LogP contribution in [0.4, 0.5) is 14.9 Å². The first-order valence-corrected chi connectivity index (χ1v) is 8.19. The highest BCUT2D eigenvalue weighted by Crippen LogP contribution is 2.25. The van der Waals surface area contributed by atoms with Gasteiger partial charge in [0.25, 0.3) is 5.91 Å². The molecule has 2 unspecified atom stereocenters. The summed E-state index contributed by atoms with van der Waals surface area (Å²) in [6, 6.07) is 4.33. The number of carbonyl (C=O) groups excluding carboxylic acids is 2. The number of urea groups is 1. The lowest BCUT2D eigenvalue weighted by molar-refractivity contribution is 0.0776. The summed E-state index contributed by atoms with van der Waals surface area (Å²) in [6.07, 6.45) is 0. The summed E-state index contributed by atoms with van der Waals surface area (Å²) in [4.78, 5) is 29.9. The van der Waals surface area contributed by atoms with Crippen molar-refractivity contribution in [2.45, 2.75) is 13.0 Å². The van der Waals surface area contributed by atoms with Crippen molar-refractivity contribution in [3.63, 3.8) is 0 Å². The molecule has 0 radical (unpaired) electrons. The third kappa shape index (κ3) is 2.96. The molecule has 2 fully saturated rings. The van der Waals surface area contributed by atoms with E-state index in [-0.39, 0.29) is 23.5 Å². The Balaban J connectivity index is 1.83. The molecule has 7 heteroatoms. The van der Waals surface area contributed by atoms with Gasteiger partial charge in [0.2, 0.25) is 0 Å². The smallest absolute Gasteiger partial charge is 0.321 e. The Bertz CT molecular complexity index is 664. The van der Waals surface area contributed by atoms with Gasteiger partial charge in [0.15, 0.2) is 0 Å². The molecular formula is C17H23FN4O2. The molecule has 1 N–H and O–H groups in total. The number of anilines is 1. The molecule has 6 nitrogen and oxygen atoms in total. The minimum absolute atomic E-state index is 0.0267. The molecule has 0 aromatic heterocycles. The number of likely N-dealkylation sites (N-methyl/N-ethyl adjacent to an activating group) is 1. The third-order valence-electron chi connectivity index (χ3n) is 4.87. The number of amides is 3. The number of likely N-dealkylation sites (tertiary alicyclic amines) is 1. The molecule has 24 heavy (non-hydrogen) atoms. The van der Waals surface area contributed by atoms with Crippen LogP contribution in [0.1, 0.15) is 17.3 Å². The van der Waals surface area contributed by atoms with E-state index in [1.54, 1.807) is 4.90 Å². The van der Waals surface area contributed by atoms with E-state index in [1.807, 2.05) is 14.1 Å². The molecule has 0 aliphatic carbocycles. The lowest BCUT2D eigenvalue weighted by Gasteiger charge is -2.22. The van der Waals surface area contributed by atoms with Gasteiger partial charge in [-0.2, -0.15) is 0 Å². The van der Waals surface area contributed by atoms with Crippen molar-refractivity contribution < 1.29 is 14.0 Å². The quantitative estimate of drug-likeness (QED) is 0.908. The largest absolute Gasteiger partial charge is 0.337 e. The van der Waals surface area contributed by atoms with Crippen molar-refractivity contribution >= 4 is 17.6 Å². The molecule has 2 saturated heterocycles. The number of nitrogens with zero attached hydrogens (tertiary/aromatic N) is 3. The fourth-order valence-electron chi connectivity index (χ4n) is 3.52. The van der Waals surface area contributed by atoms with Crippen LogP contribution in [-0.2, 0) is 0 Å². The van der Waals surface area contributed by atoms with E-state index in [0.29, 0.717) is 37.8 Å². The Kier molecular flexibility index (Phi) is 4.45. The number of nitrogens with one attached hydrogen (secondary N) is 1. The van der Waals surface area contributed by atoms with Crippen molar-refractivity contribution in [1.82, 2.24) is 15.1 Å². The zero-order chi connectivity index (χ0) is 17.4. The Labute approximate surface area is 141 Å². The maximum atomic E-state index is 14.2. The van der Waals surface area contributed by atoms with Crippen molar-refractivity contribution in [1.29, 1.82) is 0 Å². The highest BCUT2D eigenvalue weighted by Gasteiger charge is 2.35. The van der Waals surface area contributed by atoms with E-state index in [9.17, 15) is 14.0 Å². The highest BCUT2D eigenvalue weighted by atomic mass is 19.1. The fourth-order valence-corrected chi connectivity index (χ4v) is 3.52. The van der Waals surface area contributed by atoms with Gasteiger partial charge >= 0.3 is 6.03 Å². The summed E-state index contributed by atoms with van der Waals surface area (Å²) in [5.74, 6) is -0.533. The monoisotopic (exact) mass is 334 g/mol. The van der Waals surface area contributed by atoms with Crippen LogP contribution in [0, 0.1) is 11.7 Å². The summed E-state index contributed by atoms with van der Waals surface area (Å²) >= 11 is 0. The first kappa shape index (κ1) is 16.7. The average Bonchev–Trinajstić information content (AvgIpc) is 3.13. The van der Waals surface area contributed by atoms with Crippen molar-refractivity contribution in [2.75, 3.05) is 45.2 Å². The van der Waals surface area contributed by atoms with Gasteiger partial charge in [-0.25, -0.2) is 9.18 Å². The number of hydrogen-bond acceptors (Lipinski definition) is 3. The van der Waals surface area contributed by atoms with Crippen molar-refractivity contribution in [2.24, 2.45) is 5.92 Å². The van der Waals surface area contributed by atoms with Gasteiger partial charge < -0.3 is 15.1 Å². The molecule has 2 aliphatic heterocycles. The molecule has 0 saturated carbocycles. The van der Waals surface area contributed by atoms with E-state index >= 15 is 0 Å². The number of carbonyl (C=O) groups is 2. The summed E-state index contributed by atoms with van der Waals surface area (Å²) in [7, 11) is 3.98. The van der Waals surface area contributed by atoms with Crippen molar-refractivity contribution in [3.8, 4) is 0 Å². The van der Waals surface area contributed by atoms with Gasteiger partial charge in [0, 0.05) is 37.9 Å². The molecule has 0 bridgehead atoms. The predicted octanol–water partition coefficient (Wildman–Crippen LogP) is 1.38. The van der Waals surface area contributed by atoms with Gasteiger partial charge in [-0.05, 0) is 38.2 Å². The number of benzene rings is 1. The molecule has 0 spiro atoms. The lowest BCUT2D eigenvalue weighted by Crippen LogP contribution is -2.36. The molecule has 1 aromatic carbocycles. The summed E-state index contributed by atoms with van der Waals surface area (Å²) in [5.41, 5.74) is 0.574. The normalized spacial score (nSPS) is 24.0. The van der Waals surface area contributed by atoms with Crippen LogP contribution in [0.15, 0.2) is 18.2 Å². The van der Waals surface area contributed by atoms with Gasteiger partial charge in [-0.3, -0.25) is 9.69 Å². The highest BCUT2D eigenvalue weighted by molar-refractivity contribution is 5.98. The maximum Gasteiger partial charge on any atom is 0.321 e. The van der Waals surface area contributed by atoms with Gasteiger partial charge in [-0.15, -0.1) is 0 Å². The molecule has 1 aromatic rings. The van der Waals surface area contributed by atoms with E-state index < -0.39 is 5.82 Å². The summed E-state index contributed by atoms with van der Waals surface area (Å²) in [5, 5.41) is 2.70. The van der Waals surface area contributed by atoms with Crippen molar-refractivity contribution in [3.05, 3.63) is 29.6 Å². The number of hydrogen-bond donors (Lipinski definition) is 1. The SMILES string of the molecule is CC1CN(C(=O)c2cc(N3CCNC3=O)ccc2F)CC1N(C)C. The first-order chi connectivity index (χ1) is 11.4. The second-order valence-electron chi connectivity index (χ2n) is 6.77. The van der Waals surface area contributed by atoms with E-state index in [0.717, 1.165) is 0 Å². The zero-order valence-electron chi connectivity index (χ0n) is 14.3. The van der Waals surface area contributed by atoms with Crippen LogP contribution >= 0.6 is 0 Å². The molecular weight excluding hydrogens is 311 g/mol. The molecule has 2 atom stereocenters. The van der Waals surface area contributed by atoms with Crippen LogP contribution in [0.2, 0.25) is 0 Å². The molecule has 3 rings (SSSR count). The average molecular weight is 334 g/mol. The maximum absolute atomic E-state index is 14.2. The Morgan fingerprint density at radius 2 is 2.08 bits per heavy atom. The third-order valence-corrected chi connectivity index (χ3v) is 4.87. The van der Waals surface area contributed by atoms with Crippen LogP contribution < -0.4 is 10.2 Å². The standard InChI is InChI=1S/C17H23FN4O2/c1-11-9-21(10-15(11)20(2)3)16(23)13-8-12(4-5-14(13)18)22-7-6-19-17(22)24/h4-5,8,11,15H,6-7,9-10H2,1-3H3,(H,19,24). The summed E-state index contributed by atoms with van der Waals surface area (Å²) < 4.78 is 14.2. The second kappa shape index (κ2) is 6.39. The Hall–Kier alpha value is -2.15. The molecule has 2 heterocycles. The lowest BCUT2D eigenvalue weighted by atomic mass is 10.1. The molecule has 2 aliphatic rings. The minimum atomic E-state index is -0.552. The van der Waals surface area contributed by atoms with E-state index in [2.05, 4.69) is 17.1 Å². The molecule has 3 amide bonds. The van der Waals surface area contributed by atoms with Gasteiger partial charge in [0.1, 0.15) is 5.82 Å². The zero-order valence-corrected chi connectivity index (χ0v) is 14.3. The van der Waals surface area contributed by atoms with E-state index in [4.69, 9.17) is 0 Å². The Morgan fingerprint density at radius 1 is 1.33 bits per heavy atom. The fraction of sp³-hybridized carbons (Fsp3) is 0.529. The van der Waals surface area contributed by atoms with Crippen LogP contribution in [0.5, 0.6) is 0 Å². The Morgan fingerprint density at radius 3 is 2.67 bits per heavy atom. The van der Waals surface area contributed by atoms with Crippen LogP contribution in [0.25, 0.3) is 0 Å². The van der Waals surface area contributed by atoms with E-state index in [1.165, 1.54) is 23.1 Å². The van der Waals surface area contributed by atoms with Gasteiger partial charge in [0.05, 0.1) is 5.56 Å². The second-order valence-corrected chi connectivity index (χ2v) is 6.77. The predicted molar refractivity (Wildman–Crippen MR) is 89.7 cm³/mol. The summed E-state index contributed by atoms with van der Waals surface area (Å²) in [6.45, 7) is 4.35. The topological polar surface area (TPSA) is 55.9 Å². The van der Waals surface area contributed by atoms with Gasteiger partial charge in [-0.1, -0.05) is 6.92 Å². The number of rotatable bonds is 3. The molecule has 130 valence electrons. The van der Waals surface area contributed by atoms with Crippen LogP contribution in [-0.4, -0.2) is 68.1 Å². The number of halogens is 1. The van der Waals surface area contributed by atoms with Crippen LogP contribution in [0.3, 0.4) is 0 Å². The minimum Gasteiger partial charge on any atom is -0.337 e.